The molecule has 0 amide bonds. The minimum absolute atomic E-state index is 0.00124. The highest BCUT2D eigenvalue weighted by atomic mass is 35.5. The zero-order valence-corrected chi connectivity index (χ0v) is 19.0. The molecule has 0 saturated heterocycles. The summed E-state index contributed by atoms with van der Waals surface area (Å²) in [6.45, 7) is 3.25. The Morgan fingerprint density at radius 3 is 2.80 bits per heavy atom. The Bertz CT molecular complexity index is 972. The molecule has 8 nitrogen and oxygen atoms in total. The van der Waals surface area contributed by atoms with Crippen LogP contribution in [0.3, 0.4) is 0 Å². The van der Waals surface area contributed by atoms with Crippen molar-refractivity contribution in [3.63, 3.8) is 0 Å². The van der Waals surface area contributed by atoms with Gasteiger partial charge in [-0.2, -0.15) is 4.98 Å². The van der Waals surface area contributed by atoms with Crippen molar-refractivity contribution in [1.82, 2.24) is 25.3 Å². The predicted octanol–water partition coefficient (Wildman–Crippen LogP) is 3.80. The summed E-state index contributed by atoms with van der Waals surface area (Å²) in [7, 11) is 5.41. The van der Waals surface area contributed by atoms with Gasteiger partial charge in [0.1, 0.15) is 11.1 Å². The molecule has 160 valence electrons. The van der Waals surface area contributed by atoms with Crippen LogP contribution in [0.25, 0.3) is 11.4 Å². The van der Waals surface area contributed by atoms with E-state index >= 15 is 0 Å². The summed E-state index contributed by atoms with van der Waals surface area (Å²) in [6, 6.07) is 7.33. The lowest BCUT2D eigenvalue weighted by atomic mass is 10.2. The first-order chi connectivity index (χ1) is 14.5. The number of aliphatic imine (C=N–C) groups is 1. The van der Waals surface area contributed by atoms with Gasteiger partial charge in [-0.05, 0) is 31.2 Å². The summed E-state index contributed by atoms with van der Waals surface area (Å²) in [6.07, 6.45) is 0.582. The molecule has 0 aliphatic heterocycles. The zero-order valence-electron chi connectivity index (χ0n) is 17.4. The highest BCUT2D eigenvalue weighted by molar-refractivity contribution is 7.09. The molecule has 1 aromatic carbocycles. The third kappa shape index (κ3) is 5.78. The monoisotopic (exact) mass is 448 g/mol. The molecule has 0 radical (unpaired) electrons. The van der Waals surface area contributed by atoms with Gasteiger partial charge in [-0.1, -0.05) is 16.8 Å². The average Bonchev–Trinajstić information content (AvgIpc) is 3.41. The number of halogens is 1. The molecule has 0 fully saturated rings. The molecule has 10 heteroatoms. The van der Waals surface area contributed by atoms with Crippen molar-refractivity contribution in [3.8, 4) is 11.4 Å². The van der Waals surface area contributed by atoms with E-state index in [0.29, 0.717) is 36.2 Å². The van der Waals surface area contributed by atoms with Gasteiger partial charge in [-0.3, -0.25) is 4.99 Å². The van der Waals surface area contributed by atoms with Crippen LogP contribution in [0.2, 0.25) is 5.02 Å². The second-order valence-electron chi connectivity index (χ2n) is 6.65. The molecule has 0 saturated carbocycles. The van der Waals surface area contributed by atoms with Crippen LogP contribution < -0.4 is 5.32 Å². The van der Waals surface area contributed by atoms with Gasteiger partial charge in [-0.15, -0.1) is 11.3 Å². The smallest absolute Gasteiger partial charge is 0.228 e. The van der Waals surface area contributed by atoms with Crippen LogP contribution in [-0.4, -0.2) is 53.7 Å². The molecule has 2 heterocycles. The van der Waals surface area contributed by atoms with E-state index in [2.05, 4.69) is 25.4 Å². The second-order valence-corrected chi connectivity index (χ2v) is 7.98. The Balaban J connectivity index is 1.50. The fraction of sp³-hybridized carbons (Fsp3) is 0.400. The molecule has 1 atom stereocenters. The largest absolute Gasteiger partial charge is 0.375 e. The molecule has 3 aromatic rings. The van der Waals surface area contributed by atoms with E-state index in [4.69, 9.17) is 20.9 Å². The maximum absolute atomic E-state index is 5.92. The second kappa shape index (κ2) is 10.5. The van der Waals surface area contributed by atoms with Gasteiger partial charge in [0.2, 0.25) is 11.7 Å². The van der Waals surface area contributed by atoms with E-state index in [0.717, 1.165) is 22.2 Å². The number of ether oxygens (including phenoxy) is 1. The van der Waals surface area contributed by atoms with E-state index in [1.807, 2.05) is 36.4 Å². The number of nitrogens with one attached hydrogen (secondary N) is 1. The third-order valence-corrected chi connectivity index (χ3v) is 5.74. The van der Waals surface area contributed by atoms with Crippen LogP contribution in [0.4, 0.5) is 0 Å². The Labute approximate surface area is 184 Å². The minimum atomic E-state index is -0.00124. The quantitative estimate of drug-likeness (QED) is 0.414. The van der Waals surface area contributed by atoms with Crippen molar-refractivity contribution < 1.29 is 9.26 Å². The minimum Gasteiger partial charge on any atom is -0.375 e. The Morgan fingerprint density at radius 1 is 1.33 bits per heavy atom. The van der Waals surface area contributed by atoms with Gasteiger partial charge in [0, 0.05) is 50.1 Å². The summed E-state index contributed by atoms with van der Waals surface area (Å²) in [5, 5.41) is 11.0. The first-order valence-electron chi connectivity index (χ1n) is 9.47. The normalized spacial score (nSPS) is 12.8. The zero-order chi connectivity index (χ0) is 21.5. The van der Waals surface area contributed by atoms with Crippen molar-refractivity contribution in [2.24, 2.45) is 4.99 Å². The molecule has 0 aliphatic carbocycles. The van der Waals surface area contributed by atoms with Gasteiger partial charge >= 0.3 is 0 Å². The van der Waals surface area contributed by atoms with Gasteiger partial charge in [0.05, 0.1) is 12.2 Å². The number of aromatic nitrogens is 3. The van der Waals surface area contributed by atoms with Crippen LogP contribution in [0.1, 0.15) is 29.6 Å². The van der Waals surface area contributed by atoms with Crippen molar-refractivity contribution in [3.05, 3.63) is 51.3 Å². The first-order valence-corrected chi connectivity index (χ1v) is 10.7. The van der Waals surface area contributed by atoms with Gasteiger partial charge in [0.25, 0.3) is 0 Å². The van der Waals surface area contributed by atoms with E-state index in [-0.39, 0.29) is 6.10 Å². The lowest BCUT2D eigenvalue weighted by Crippen LogP contribution is -2.39. The number of methoxy groups -OCH3 is 1. The fourth-order valence-electron chi connectivity index (χ4n) is 2.74. The number of benzene rings is 1. The molecular weight excluding hydrogens is 424 g/mol. The summed E-state index contributed by atoms with van der Waals surface area (Å²) in [4.78, 5) is 15.4. The maximum Gasteiger partial charge on any atom is 0.228 e. The number of hydrogen-bond donors (Lipinski definition) is 1. The summed E-state index contributed by atoms with van der Waals surface area (Å²) in [5.41, 5.74) is 1.84. The lowest BCUT2D eigenvalue weighted by molar-refractivity contribution is 0.119. The van der Waals surface area contributed by atoms with E-state index in [1.54, 1.807) is 37.6 Å². The molecule has 1 unspecified atom stereocenters. The van der Waals surface area contributed by atoms with Crippen LogP contribution >= 0.6 is 22.9 Å². The number of thiazole rings is 1. The molecule has 0 bridgehead atoms. The van der Waals surface area contributed by atoms with Crippen molar-refractivity contribution in [2.75, 3.05) is 27.7 Å². The summed E-state index contributed by atoms with van der Waals surface area (Å²) >= 11 is 7.52. The van der Waals surface area contributed by atoms with Gasteiger partial charge < -0.3 is 19.5 Å². The number of nitrogens with zero attached hydrogens (tertiary/aromatic N) is 5. The van der Waals surface area contributed by atoms with Crippen molar-refractivity contribution in [2.45, 2.75) is 26.0 Å². The third-order valence-electron chi connectivity index (χ3n) is 4.44. The molecule has 3 rings (SSSR count). The molecule has 0 spiro atoms. The van der Waals surface area contributed by atoms with Crippen molar-refractivity contribution in [1.29, 1.82) is 0 Å². The van der Waals surface area contributed by atoms with E-state index in [9.17, 15) is 0 Å². The Hall–Kier alpha value is -2.49. The summed E-state index contributed by atoms with van der Waals surface area (Å²) < 4.78 is 10.7. The number of rotatable bonds is 8. The van der Waals surface area contributed by atoms with Gasteiger partial charge in [-0.25, -0.2) is 4.98 Å². The van der Waals surface area contributed by atoms with Crippen LogP contribution in [0.5, 0.6) is 0 Å². The highest BCUT2D eigenvalue weighted by Gasteiger charge is 2.13. The SMILES string of the molecule is CN=C(NCCc1nc(-c2ccc(Cl)cc2)no1)N(C)Cc1csc(C(C)OC)n1. The Morgan fingerprint density at radius 2 is 2.10 bits per heavy atom. The van der Waals surface area contributed by atoms with E-state index in [1.165, 1.54) is 0 Å². The molecule has 30 heavy (non-hydrogen) atoms. The molecule has 1 N–H and O–H groups in total. The number of guanidine groups is 1. The number of hydrogen-bond acceptors (Lipinski definition) is 7. The topological polar surface area (TPSA) is 88.7 Å². The van der Waals surface area contributed by atoms with Crippen molar-refractivity contribution >= 4 is 28.9 Å². The van der Waals surface area contributed by atoms with Crippen LogP contribution in [0.15, 0.2) is 39.2 Å². The fourth-order valence-corrected chi connectivity index (χ4v) is 3.71. The summed E-state index contributed by atoms with van der Waals surface area (Å²) in [5.74, 6) is 1.87. The first kappa shape index (κ1) is 22.2. The maximum atomic E-state index is 5.92. The standard InChI is InChI=1S/C20H25ClN6O2S/c1-13(28-4)19-24-16(12-30-19)11-27(3)20(22-2)23-10-9-17-25-18(26-29-17)14-5-7-15(21)8-6-14/h5-8,12-13H,9-11H2,1-4H3,(H,22,23). The van der Waals surface area contributed by atoms with Crippen LogP contribution in [0, 0.1) is 0 Å². The molecular formula is C20H25ClN6O2S. The highest BCUT2D eigenvalue weighted by Crippen LogP contribution is 2.21. The molecule has 0 aliphatic rings. The van der Waals surface area contributed by atoms with E-state index < -0.39 is 0 Å². The average molecular weight is 449 g/mol. The lowest BCUT2D eigenvalue weighted by Gasteiger charge is -2.20. The Kier molecular flexibility index (Phi) is 7.78. The predicted molar refractivity (Wildman–Crippen MR) is 119 cm³/mol. The van der Waals surface area contributed by atoms with Gasteiger partial charge in [0.15, 0.2) is 5.96 Å². The van der Waals surface area contributed by atoms with Crippen LogP contribution in [-0.2, 0) is 17.7 Å². The molecule has 2 aromatic heterocycles.